The van der Waals surface area contributed by atoms with Gasteiger partial charge in [0, 0.05) is 17.5 Å². The van der Waals surface area contributed by atoms with Crippen molar-refractivity contribution in [3.8, 4) is 22.8 Å². The average Bonchev–Trinajstić information content (AvgIpc) is 2.94. The van der Waals surface area contributed by atoms with Gasteiger partial charge < -0.3 is 14.8 Å². The second kappa shape index (κ2) is 6.95. The Morgan fingerprint density at radius 1 is 1.33 bits per heavy atom. The zero-order valence-electron chi connectivity index (χ0n) is 14.3. The normalized spacial score (nSPS) is 14.1. The number of carbonyl (C=O) groups is 1. The third-order valence-electron chi connectivity index (χ3n) is 4.58. The van der Waals surface area contributed by atoms with E-state index in [0.29, 0.717) is 17.2 Å². The van der Waals surface area contributed by atoms with Crippen molar-refractivity contribution < 1.29 is 14.3 Å². The first-order valence-electron chi connectivity index (χ1n) is 8.28. The highest BCUT2D eigenvalue weighted by Gasteiger charge is 2.27. The summed E-state index contributed by atoms with van der Waals surface area (Å²) < 4.78 is 10.7. The summed E-state index contributed by atoms with van der Waals surface area (Å²) in [6.45, 7) is 2.03. The Morgan fingerprint density at radius 3 is 2.71 bits per heavy atom. The lowest BCUT2D eigenvalue weighted by atomic mass is 9.84. The minimum absolute atomic E-state index is 0.0751. The van der Waals surface area contributed by atoms with Gasteiger partial charge in [-0.15, -0.1) is 0 Å². The van der Waals surface area contributed by atoms with Crippen LogP contribution in [0.3, 0.4) is 0 Å². The lowest BCUT2D eigenvalue weighted by molar-refractivity contribution is -0.122. The fourth-order valence-electron chi connectivity index (χ4n) is 2.85. The van der Waals surface area contributed by atoms with Crippen LogP contribution in [-0.4, -0.2) is 30.3 Å². The standard InChI is InChI=1S/C18H23N3O3/c1-4-14-17(19-18(22)11-6-5-7-11)16(21-20-14)13-9-8-12(23-2)10-15(13)24-3/h8-11H,4-7H2,1-3H3,(H,19,22)(H,20,21). The predicted octanol–water partition coefficient (Wildman–Crippen LogP) is 3.39. The number of nitrogens with one attached hydrogen (secondary N) is 2. The van der Waals surface area contributed by atoms with E-state index in [9.17, 15) is 4.79 Å². The third kappa shape index (κ3) is 2.96. The molecular weight excluding hydrogens is 306 g/mol. The zero-order chi connectivity index (χ0) is 17.1. The SMILES string of the molecule is CCc1[nH]nc(-c2ccc(OC)cc2OC)c1NC(=O)C1CCC1. The first-order valence-corrected chi connectivity index (χ1v) is 8.28. The molecule has 1 amide bonds. The van der Waals surface area contributed by atoms with Crippen LogP contribution < -0.4 is 14.8 Å². The van der Waals surface area contributed by atoms with Crippen LogP contribution in [0.25, 0.3) is 11.3 Å². The van der Waals surface area contributed by atoms with Gasteiger partial charge in [0.25, 0.3) is 0 Å². The minimum Gasteiger partial charge on any atom is -0.497 e. The number of H-pyrrole nitrogens is 1. The van der Waals surface area contributed by atoms with Gasteiger partial charge in [-0.2, -0.15) is 5.10 Å². The molecular formula is C18H23N3O3. The van der Waals surface area contributed by atoms with Crippen molar-refractivity contribution in [1.29, 1.82) is 0 Å². The van der Waals surface area contributed by atoms with E-state index in [4.69, 9.17) is 9.47 Å². The zero-order valence-corrected chi connectivity index (χ0v) is 14.3. The molecule has 0 spiro atoms. The molecule has 128 valence electrons. The van der Waals surface area contributed by atoms with Gasteiger partial charge in [0.05, 0.1) is 25.6 Å². The molecule has 0 saturated heterocycles. The Morgan fingerprint density at radius 2 is 2.12 bits per heavy atom. The van der Waals surface area contributed by atoms with E-state index in [0.717, 1.165) is 42.6 Å². The molecule has 1 aliphatic rings. The van der Waals surface area contributed by atoms with Crippen molar-refractivity contribution in [3.05, 3.63) is 23.9 Å². The number of benzene rings is 1. The number of hydrogen-bond acceptors (Lipinski definition) is 4. The molecule has 1 aromatic carbocycles. The largest absolute Gasteiger partial charge is 0.497 e. The Balaban J connectivity index is 1.98. The highest BCUT2D eigenvalue weighted by molar-refractivity contribution is 5.97. The number of carbonyl (C=O) groups excluding carboxylic acids is 1. The lowest BCUT2D eigenvalue weighted by Crippen LogP contribution is -2.28. The third-order valence-corrected chi connectivity index (χ3v) is 4.58. The summed E-state index contributed by atoms with van der Waals surface area (Å²) in [7, 11) is 3.22. The molecule has 0 unspecified atom stereocenters. The van der Waals surface area contributed by atoms with Gasteiger partial charge in [0.1, 0.15) is 17.2 Å². The molecule has 1 heterocycles. The predicted molar refractivity (Wildman–Crippen MR) is 92.5 cm³/mol. The summed E-state index contributed by atoms with van der Waals surface area (Å²) in [5.74, 6) is 1.56. The van der Waals surface area contributed by atoms with Crippen molar-refractivity contribution >= 4 is 11.6 Å². The fraction of sp³-hybridized carbons (Fsp3) is 0.444. The molecule has 0 bridgehead atoms. The summed E-state index contributed by atoms with van der Waals surface area (Å²) in [4.78, 5) is 12.4. The summed E-state index contributed by atoms with van der Waals surface area (Å²) >= 11 is 0. The van der Waals surface area contributed by atoms with E-state index in [1.807, 2.05) is 25.1 Å². The first-order chi connectivity index (χ1) is 11.7. The molecule has 1 aromatic heterocycles. The number of anilines is 1. The van der Waals surface area contributed by atoms with Crippen molar-refractivity contribution in [3.63, 3.8) is 0 Å². The Labute approximate surface area is 141 Å². The van der Waals surface area contributed by atoms with Crippen molar-refractivity contribution in [2.75, 3.05) is 19.5 Å². The highest BCUT2D eigenvalue weighted by Crippen LogP contribution is 2.38. The van der Waals surface area contributed by atoms with E-state index >= 15 is 0 Å². The quantitative estimate of drug-likeness (QED) is 0.851. The summed E-state index contributed by atoms with van der Waals surface area (Å²) in [6.07, 6.45) is 3.81. The molecule has 2 N–H and O–H groups in total. The van der Waals surface area contributed by atoms with Crippen LogP contribution >= 0.6 is 0 Å². The van der Waals surface area contributed by atoms with E-state index in [2.05, 4.69) is 15.5 Å². The van der Waals surface area contributed by atoms with Crippen LogP contribution in [0.1, 0.15) is 31.9 Å². The van der Waals surface area contributed by atoms with Gasteiger partial charge in [-0.1, -0.05) is 13.3 Å². The highest BCUT2D eigenvalue weighted by atomic mass is 16.5. The van der Waals surface area contributed by atoms with E-state index in [1.54, 1.807) is 14.2 Å². The van der Waals surface area contributed by atoms with E-state index < -0.39 is 0 Å². The number of nitrogens with zero attached hydrogens (tertiary/aromatic N) is 1. The summed E-state index contributed by atoms with van der Waals surface area (Å²) in [5.41, 5.74) is 3.17. The number of methoxy groups -OCH3 is 2. The topological polar surface area (TPSA) is 76.2 Å². The fourth-order valence-corrected chi connectivity index (χ4v) is 2.85. The number of hydrogen-bond donors (Lipinski definition) is 2. The monoisotopic (exact) mass is 329 g/mol. The Hall–Kier alpha value is -2.50. The van der Waals surface area contributed by atoms with Crippen LogP contribution in [0.2, 0.25) is 0 Å². The molecule has 0 aliphatic heterocycles. The van der Waals surface area contributed by atoms with Gasteiger partial charge in [0.2, 0.25) is 5.91 Å². The van der Waals surface area contributed by atoms with Gasteiger partial charge in [-0.3, -0.25) is 9.89 Å². The maximum atomic E-state index is 12.4. The number of aromatic amines is 1. The number of rotatable bonds is 6. The molecule has 3 rings (SSSR count). The molecule has 24 heavy (non-hydrogen) atoms. The maximum Gasteiger partial charge on any atom is 0.227 e. The van der Waals surface area contributed by atoms with Gasteiger partial charge in [-0.25, -0.2) is 0 Å². The van der Waals surface area contributed by atoms with Crippen molar-refractivity contribution in [2.24, 2.45) is 5.92 Å². The van der Waals surface area contributed by atoms with Crippen LogP contribution in [0.4, 0.5) is 5.69 Å². The van der Waals surface area contributed by atoms with Crippen LogP contribution in [0, 0.1) is 5.92 Å². The Bertz CT molecular complexity index is 735. The van der Waals surface area contributed by atoms with Crippen LogP contribution in [0.5, 0.6) is 11.5 Å². The van der Waals surface area contributed by atoms with Gasteiger partial charge in [0.15, 0.2) is 0 Å². The first kappa shape index (κ1) is 16.4. The van der Waals surface area contributed by atoms with Crippen molar-refractivity contribution in [1.82, 2.24) is 10.2 Å². The molecule has 0 radical (unpaired) electrons. The summed E-state index contributed by atoms with van der Waals surface area (Å²) in [5, 5.41) is 10.5. The van der Waals surface area contributed by atoms with E-state index in [-0.39, 0.29) is 11.8 Å². The molecule has 2 aromatic rings. The number of aromatic nitrogens is 2. The molecule has 0 atom stereocenters. The molecule has 1 fully saturated rings. The molecule has 1 saturated carbocycles. The molecule has 6 heteroatoms. The van der Waals surface area contributed by atoms with Gasteiger partial charge >= 0.3 is 0 Å². The van der Waals surface area contributed by atoms with Crippen LogP contribution in [0.15, 0.2) is 18.2 Å². The maximum absolute atomic E-state index is 12.4. The second-order valence-electron chi connectivity index (χ2n) is 5.96. The summed E-state index contributed by atoms with van der Waals surface area (Å²) in [6, 6.07) is 5.56. The minimum atomic E-state index is 0.0751. The number of amides is 1. The van der Waals surface area contributed by atoms with Gasteiger partial charge in [-0.05, 0) is 31.4 Å². The average molecular weight is 329 g/mol. The number of aryl methyl sites for hydroxylation is 1. The molecule has 6 nitrogen and oxygen atoms in total. The van der Waals surface area contributed by atoms with Crippen LogP contribution in [-0.2, 0) is 11.2 Å². The number of ether oxygens (including phenoxy) is 2. The lowest BCUT2D eigenvalue weighted by Gasteiger charge is -2.24. The Kier molecular flexibility index (Phi) is 4.74. The smallest absolute Gasteiger partial charge is 0.227 e. The molecule has 1 aliphatic carbocycles. The van der Waals surface area contributed by atoms with E-state index in [1.165, 1.54) is 0 Å². The van der Waals surface area contributed by atoms with Crippen molar-refractivity contribution in [2.45, 2.75) is 32.6 Å². The second-order valence-corrected chi connectivity index (χ2v) is 5.96.